The minimum Gasteiger partial charge on any atom is -0.493 e. The number of nitrogens with zero attached hydrogens (tertiary/aromatic N) is 2. The summed E-state index contributed by atoms with van der Waals surface area (Å²) < 4.78 is 13.8. The number of hydrogen-bond acceptors (Lipinski definition) is 3. The maximum absolute atomic E-state index is 14.2. The van der Waals surface area contributed by atoms with Gasteiger partial charge >= 0.3 is 0 Å². The van der Waals surface area contributed by atoms with Crippen molar-refractivity contribution in [2.45, 2.75) is 45.2 Å². The number of rotatable bonds is 7. The normalized spacial score (nSPS) is 16.8. The van der Waals surface area contributed by atoms with E-state index in [1.165, 1.54) is 27.4 Å². The van der Waals surface area contributed by atoms with Crippen LogP contribution in [0.2, 0.25) is 0 Å². The van der Waals surface area contributed by atoms with E-state index in [9.17, 15) is 4.79 Å². The van der Waals surface area contributed by atoms with Crippen molar-refractivity contribution < 1.29 is 14.3 Å². The summed E-state index contributed by atoms with van der Waals surface area (Å²) >= 11 is 0. The van der Waals surface area contributed by atoms with E-state index in [1.807, 2.05) is 30.0 Å². The molecule has 1 amide bonds. The van der Waals surface area contributed by atoms with Crippen LogP contribution in [0.15, 0.2) is 91.0 Å². The highest BCUT2D eigenvalue weighted by Crippen LogP contribution is 2.45. The quantitative estimate of drug-likeness (QED) is 0.219. The fourth-order valence-corrected chi connectivity index (χ4v) is 6.28. The predicted molar refractivity (Wildman–Crippen MR) is 158 cm³/mol. The highest BCUT2D eigenvalue weighted by Gasteiger charge is 2.37. The van der Waals surface area contributed by atoms with Gasteiger partial charge in [0, 0.05) is 39.1 Å². The van der Waals surface area contributed by atoms with Crippen molar-refractivity contribution in [2.75, 3.05) is 18.6 Å². The highest BCUT2D eigenvalue weighted by atomic mass is 16.5. The number of methoxy groups -OCH3 is 1. The van der Waals surface area contributed by atoms with Crippen molar-refractivity contribution in [1.29, 1.82) is 0 Å². The smallest absolute Gasteiger partial charge is 0.258 e. The Bertz CT molecular complexity index is 1600. The number of hydrogen-bond donors (Lipinski definition) is 0. The van der Waals surface area contributed by atoms with Gasteiger partial charge in [-0.05, 0) is 61.7 Å². The second-order valence-electron chi connectivity index (χ2n) is 10.1. The van der Waals surface area contributed by atoms with E-state index < -0.39 is 0 Å². The van der Waals surface area contributed by atoms with Crippen molar-refractivity contribution in [2.24, 2.45) is 0 Å². The minimum atomic E-state index is -0.0112. The molecular formula is C34H34N2O3. The van der Waals surface area contributed by atoms with E-state index >= 15 is 0 Å². The van der Waals surface area contributed by atoms with Gasteiger partial charge in [0.25, 0.3) is 5.91 Å². The van der Waals surface area contributed by atoms with Crippen LogP contribution in [0.4, 0.5) is 5.69 Å². The zero-order valence-corrected chi connectivity index (χ0v) is 22.8. The Morgan fingerprint density at radius 3 is 2.18 bits per heavy atom. The number of amides is 1. The molecule has 0 fully saturated rings. The van der Waals surface area contributed by atoms with E-state index in [2.05, 4.69) is 78.2 Å². The average molecular weight is 519 g/mol. The molecule has 2 atom stereocenters. The second-order valence-corrected chi connectivity index (χ2v) is 10.1. The molecule has 0 saturated heterocycles. The summed E-state index contributed by atoms with van der Waals surface area (Å²) in [4.78, 5) is 16.3. The number of aromatic nitrogens is 1. The van der Waals surface area contributed by atoms with Crippen LogP contribution in [0.5, 0.6) is 11.5 Å². The Balaban J connectivity index is 1.50. The van der Waals surface area contributed by atoms with Crippen molar-refractivity contribution in [3.63, 3.8) is 0 Å². The topological polar surface area (TPSA) is 43.7 Å². The molecule has 0 radical (unpaired) electrons. The fourth-order valence-electron chi connectivity index (χ4n) is 6.28. The lowest BCUT2D eigenvalue weighted by molar-refractivity contribution is 0.0968. The van der Waals surface area contributed by atoms with Crippen LogP contribution in [0, 0.1) is 0 Å². The predicted octanol–water partition coefficient (Wildman–Crippen LogP) is 8.01. The van der Waals surface area contributed by atoms with Gasteiger partial charge in [0.1, 0.15) is 0 Å². The minimum absolute atomic E-state index is 0.0112. The Labute approximate surface area is 229 Å². The summed E-state index contributed by atoms with van der Waals surface area (Å²) in [5.74, 6) is 1.21. The van der Waals surface area contributed by atoms with Crippen molar-refractivity contribution in [3.8, 4) is 11.5 Å². The third kappa shape index (κ3) is 4.22. The number of carbonyl (C=O) groups is 1. The molecule has 4 aromatic carbocycles. The molecule has 39 heavy (non-hydrogen) atoms. The maximum atomic E-state index is 14.2. The van der Waals surface area contributed by atoms with Gasteiger partial charge in [0.15, 0.2) is 11.5 Å². The SMILES string of the molecule is CCCC1CC(n2c3ccccc3c3ccccc32)c2ccccc2N1C(=O)c1ccc(OCC)c(OC)c1. The Kier molecular flexibility index (Phi) is 6.74. The van der Waals surface area contributed by atoms with Crippen LogP contribution in [0.25, 0.3) is 21.8 Å². The molecule has 6 rings (SSSR count). The molecule has 0 N–H and O–H groups in total. The Morgan fingerprint density at radius 1 is 0.846 bits per heavy atom. The van der Waals surface area contributed by atoms with Crippen molar-refractivity contribution in [3.05, 3.63) is 102 Å². The molecule has 0 bridgehead atoms. The van der Waals surface area contributed by atoms with Gasteiger partial charge in [-0.2, -0.15) is 0 Å². The van der Waals surface area contributed by atoms with E-state index in [1.54, 1.807) is 13.2 Å². The first-order valence-corrected chi connectivity index (χ1v) is 13.9. The maximum Gasteiger partial charge on any atom is 0.258 e. The Hall–Kier alpha value is -4.25. The molecule has 5 aromatic rings. The molecule has 5 nitrogen and oxygen atoms in total. The van der Waals surface area contributed by atoms with Gasteiger partial charge in [-0.25, -0.2) is 0 Å². The highest BCUT2D eigenvalue weighted by molar-refractivity contribution is 6.09. The third-order valence-electron chi connectivity index (χ3n) is 7.90. The zero-order valence-electron chi connectivity index (χ0n) is 22.8. The number of benzene rings is 4. The largest absolute Gasteiger partial charge is 0.493 e. The summed E-state index contributed by atoms with van der Waals surface area (Å²) in [6, 6.07) is 31.4. The number of anilines is 1. The summed E-state index contributed by atoms with van der Waals surface area (Å²) in [5.41, 5.74) is 5.20. The number of ether oxygens (including phenoxy) is 2. The summed E-state index contributed by atoms with van der Waals surface area (Å²) in [7, 11) is 1.61. The number of para-hydroxylation sites is 3. The molecule has 0 aliphatic carbocycles. The molecule has 1 aromatic heterocycles. The molecule has 5 heteroatoms. The average Bonchev–Trinajstić information content (AvgIpc) is 3.31. The van der Waals surface area contributed by atoms with Gasteiger partial charge in [-0.1, -0.05) is 67.9 Å². The van der Waals surface area contributed by atoms with E-state index in [4.69, 9.17) is 9.47 Å². The monoisotopic (exact) mass is 518 g/mol. The lowest BCUT2D eigenvalue weighted by Gasteiger charge is -2.42. The zero-order chi connectivity index (χ0) is 26.9. The van der Waals surface area contributed by atoms with Crippen molar-refractivity contribution in [1.82, 2.24) is 4.57 Å². The first-order chi connectivity index (χ1) is 19.2. The van der Waals surface area contributed by atoms with Gasteiger partial charge in [0.05, 0.1) is 19.8 Å². The molecule has 0 spiro atoms. The van der Waals surface area contributed by atoms with Gasteiger partial charge in [-0.3, -0.25) is 4.79 Å². The number of fused-ring (bicyclic) bond motifs is 4. The molecule has 2 unspecified atom stereocenters. The van der Waals surface area contributed by atoms with Gasteiger partial charge in [0.2, 0.25) is 0 Å². The summed E-state index contributed by atoms with van der Waals surface area (Å²) in [6.07, 6.45) is 2.75. The van der Waals surface area contributed by atoms with E-state index in [0.29, 0.717) is 23.7 Å². The summed E-state index contributed by atoms with van der Waals surface area (Å²) in [6.45, 7) is 4.66. The van der Waals surface area contributed by atoms with Gasteiger partial charge in [-0.15, -0.1) is 0 Å². The van der Waals surface area contributed by atoms with Crippen LogP contribution >= 0.6 is 0 Å². The molecule has 0 saturated carbocycles. The van der Waals surface area contributed by atoms with Crippen LogP contribution in [-0.2, 0) is 0 Å². The standard InChI is InChI=1S/C34H34N2O3/c1-4-12-24-22-31(36-28-16-9-6-13-25(28)26-14-7-10-17-29(26)36)27-15-8-11-18-30(27)35(24)34(37)23-19-20-32(39-5-2)33(21-23)38-3/h6-11,13-21,24,31H,4-5,12,22H2,1-3H3. The number of carbonyl (C=O) groups excluding carboxylic acids is 1. The van der Waals surface area contributed by atoms with Crippen LogP contribution < -0.4 is 14.4 Å². The second kappa shape index (κ2) is 10.5. The Morgan fingerprint density at radius 2 is 1.51 bits per heavy atom. The molecule has 1 aliphatic rings. The van der Waals surface area contributed by atoms with Gasteiger partial charge < -0.3 is 18.9 Å². The third-order valence-corrected chi connectivity index (χ3v) is 7.90. The van der Waals surface area contributed by atoms with Crippen molar-refractivity contribution >= 4 is 33.4 Å². The van der Waals surface area contributed by atoms with E-state index in [-0.39, 0.29) is 18.0 Å². The first-order valence-electron chi connectivity index (χ1n) is 13.9. The van der Waals surface area contributed by atoms with Crippen LogP contribution in [0.1, 0.15) is 55.1 Å². The molecule has 198 valence electrons. The fraction of sp³-hybridized carbons (Fsp3) is 0.265. The molecule has 1 aliphatic heterocycles. The first kappa shape index (κ1) is 25.1. The van der Waals surface area contributed by atoms with Crippen LogP contribution in [-0.4, -0.2) is 30.2 Å². The molecule has 2 heterocycles. The van der Waals surface area contributed by atoms with Crippen LogP contribution in [0.3, 0.4) is 0 Å². The molecular weight excluding hydrogens is 484 g/mol. The lowest BCUT2D eigenvalue weighted by atomic mass is 9.88. The summed E-state index contributed by atoms with van der Waals surface area (Å²) in [5, 5.41) is 2.52. The van der Waals surface area contributed by atoms with E-state index in [0.717, 1.165) is 24.9 Å². The lowest BCUT2D eigenvalue weighted by Crippen LogP contribution is -2.45.